The van der Waals surface area contributed by atoms with Gasteiger partial charge in [0.05, 0.1) is 7.11 Å². The standard InChI is InChI=1S/C15H16FNO2/c1-18-14-7-3-2-5-11(14)10-19-15-8-4-6-13(16)12(15)9-17/h2-8H,9-10,17H2,1H3. The summed E-state index contributed by atoms with van der Waals surface area (Å²) in [4.78, 5) is 0. The zero-order valence-corrected chi connectivity index (χ0v) is 10.7. The largest absolute Gasteiger partial charge is 0.496 e. The number of halogens is 1. The van der Waals surface area contributed by atoms with Crippen LogP contribution in [0.2, 0.25) is 0 Å². The summed E-state index contributed by atoms with van der Waals surface area (Å²) in [6.07, 6.45) is 0. The van der Waals surface area contributed by atoms with Crippen molar-refractivity contribution in [1.82, 2.24) is 0 Å². The first-order valence-electron chi connectivity index (χ1n) is 5.98. The molecule has 0 aliphatic heterocycles. The van der Waals surface area contributed by atoms with Crippen LogP contribution in [0.15, 0.2) is 42.5 Å². The molecule has 0 spiro atoms. The lowest BCUT2D eigenvalue weighted by molar-refractivity contribution is 0.292. The molecule has 0 amide bonds. The minimum absolute atomic E-state index is 0.105. The van der Waals surface area contributed by atoms with Crippen LogP contribution in [0.3, 0.4) is 0 Å². The zero-order chi connectivity index (χ0) is 13.7. The molecule has 0 unspecified atom stereocenters. The second kappa shape index (κ2) is 6.20. The molecular formula is C15H16FNO2. The smallest absolute Gasteiger partial charge is 0.131 e. The maximum absolute atomic E-state index is 13.5. The fourth-order valence-electron chi connectivity index (χ4n) is 1.85. The van der Waals surface area contributed by atoms with Gasteiger partial charge in [-0.25, -0.2) is 4.39 Å². The number of para-hydroxylation sites is 1. The van der Waals surface area contributed by atoms with Gasteiger partial charge in [-0.2, -0.15) is 0 Å². The van der Waals surface area contributed by atoms with Crippen LogP contribution in [-0.4, -0.2) is 7.11 Å². The van der Waals surface area contributed by atoms with E-state index in [2.05, 4.69) is 0 Å². The van der Waals surface area contributed by atoms with Crippen molar-refractivity contribution in [2.45, 2.75) is 13.2 Å². The van der Waals surface area contributed by atoms with Crippen LogP contribution >= 0.6 is 0 Å². The molecule has 0 aliphatic carbocycles. The lowest BCUT2D eigenvalue weighted by Crippen LogP contribution is -2.05. The Balaban J connectivity index is 2.17. The predicted molar refractivity (Wildman–Crippen MR) is 71.6 cm³/mol. The van der Waals surface area contributed by atoms with Gasteiger partial charge in [0.1, 0.15) is 23.9 Å². The normalized spacial score (nSPS) is 10.3. The van der Waals surface area contributed by atoms with E-state index in [1.54, 1.807) is 19.2 Å². The molecule has 0 aromatic heterocycles. The van der Waals surface area contributed by atoms with E-state index in [-0.39, 0.29) is 12.4 Å². The van der Waals surface area contributed by atoms with Crippen LogP contribution in [0, 0.1) is 5.82 Å². The third kappa shape index (κ3) is 3.03. The molecule has 0 saturated carbocycles. The minimum atomic E-state index is -0.347. The summed E-state index contributed by atoms with van der Waals surface area (Å²) in [7, 11) is 1.60. The van der Waals surface area contributed by atoms with Gasteiger partial charge in [-0.15, -0.1) is 0 Å². The molecule has 0 saturated heterocycles. The first-order chi connectivity index (χ1) is 9.26. The highest BCUT2D eigenvalue weighted by atomic mass is 19.1. The Morgan fingerprint density at radius 3 is 2.53 bits per heavy atom. The summed E-state index contributed by atoms with van der Waals surface area (Å²) in [5.74, 6) is 0.863. The fraction of sp³-hybridized carbons (Fsp3) is 0.200. The van der Waals surface area contributed by atoms with Crippen molar-refractivity contribution in [2.75, 3.05) is 7.11 Å². The summed E-state index contributed by atoms with van der Waals surface area (Å²) in [5.41, 5.74) is 6.82. The number of nitrogens with two attached hydrogens (primary N) is 1. The molecule has 0 fully saturated rings. The number of benzene rings is 2. The van der Waals surface area contributed by atoms with Crippen molar-refractivity contribution in [2.24, 2.45) is 5.73 Å². The van der Waals surface area contributed by atoms with E-state index >= 15 is 0 Å². The van der Waals surface area contributed by atoms with Crippen molar-refractivity contribution < 1.29 is 13.9 Å². The molecule has 4 heteroatoms. The Morgan fingerprint density at radius 2 is 1.79 bits per heavy atom. The molecule has 19 heavy (non-hydrogen) atoms. The third-order valence-electron chi connectivity index (χ3n) is 2.86. The van der Waals surface area contributed by atoms with Crippen molar-refractivity contribution in [3.05, 3.63) is 59.4 Å². The van der Waals surface area contributed by atoms with E-state index < -0.39 is 0 Å². The van der Waals surface area contributed by atoms with Crippen LogP contribution in [0.1, 0.15) is 11.1 Å². The Labute approximate surface area is 111 Å². The van der Waals surface area contributed by atoms with Gasteiger partial charge in [0.25, 0.3) is 0 Å². The average molecular weight is 261 g/mol. The third-order valence-corrected chi connectivity index (χ3v) is 2.86. The molecule has 2 N–H and O–H groups in total. The summed E-state index contributed by atoms with van der Waals surface area (Å²) in [6.45, 7) is 0.411. The lowest BCUT2D eigenvalue weighted by Gasteiger charge is -2.13. The Hall–Kier alpha value is -2.07. The highest BCUT2D eigenvalue weighted by Crippen LogP contribution is 2.24. The maximum atomic E-state index is 13.5. The van der Waals surface area contributed by atoms with Gasteiger partial charge < -0.3 is 15.2 Å². The van der Waals surface area contributed by atoms with E-state index in [0.717, 1.165) is 11.3 Å². The van der Waals surface area contributed by atoms with Crippen molar-refractivity contribution in [1.29, 1.82) is 0 Å². The summed E-state index contributed by atoms with van der Waals surface area (Å²) in [5, 5.41) is 0. The first-order valence-corrected chi connectivity index (χ1v) is 5.98. The number of hydrogen-bond donors (Lipinski definition) is 1. The topological polar surface area (TPSA) is 44.5 Å². The van der Waals surface area contributed by atoms with E-state index in [1.807, 2.05) is 24.3 Å². The number of ether oxygens (including phenoxy) is 2. The second-order valence-electron chi connectivity index (χ2n) is 4.02. The highest BCUT2D eigenvalue weighted by Gasteiger charge is 2.09. The van der Waals surface area contributed by atoms with Crippen molar-refractivity contribution in [3.8, 4) is 11.5 Å². The Bertz CT molecular complexity index is 558. The SMILES string of the molecule is COc1ccccc1COc1cccc(F)c1CN. The van der Waals surface area contributed by atoms with Crippen LogP contribution in [0.4, 0.5) is 4.39 Å². The number of rotatable bonds is 5. The van der Waals surface area contributed by atoms with Crippen LogP contribution < -0.4 is 15.2 Å². The Kier molecular flexibility index (Phi) is 4.36. The molecule has 2 rings (SSSR count). The van der Waals surface area contributed by atoms with Crippen LogP contribution in [0.25, 0.3) is 0 Å². The molecule has 0 atom stereocenters. The first kappa shape index (κ1) is 13.4. The molecule has 0 heterocycles. The highest BCUT2D eigenvalue weighted by molar-refractivity contribution is 5.36. The van der Waals surface area contributed by atoms with Crippen molar-refractivity contribution >= 4 is 0 Å². The number of methoxy groups -OCH3 is 1. The number of hydrogen-bond acceptors (Lipinski definition) is 3. The Morgan fingerprint density at radius 1 is 1.05 bits per heavy atom. The van der Waals surface area contributed by atoms with E-state index in [1.165, 1.54) is 6.07 Å². The van der Waals surface area contributed by atoms with Gasteiger partial charge in [0, 0.05) is 17.7 Å². The minimum Gasteiger partial charge on any atom is -0.496 e. The summed E-state index contributed by atoms with van der Waals surface area (Å²) < 4.78 is 24.4. The predicted octanol–water partition coefficient (Wildman–Crippen LogP) is 2.87. The van der Waals surface area contributed by atoms with Gasteiger partial charge in [-0.1, -0.05) is 24.3 Å². The molecule has 3 nitrogen and oxygen atoms in total. The molecule has 2 aromatic rings. The summed E-state index contributed by atoms with van der Waals surface area (Å²) >= 11 is 0. The second-order valence-corrected chi connectivity index (χ2v) is 4.02. The maximum Gasteiger partial charge on any atom is 0.131 e. The van der Waals surface area contributed by atoms with Gasteiger partial charge in [0.15, 0.2) is 0 Å². The summed E-state index contributed by atoms with van der Waals surface area (Å²) in [6, 6.07) is 12.2. The van der Waals surface area contributed by atoms with Gasteiger partial charge >= 0.3 is 0 Å². The van der Waals surface area contributed by atoms with E-state index in [0.29, 0.717) is 17.9 Å². The van der Waals surface area contributed by atoms with Crippen molar-refractivity contribution in [3.63, 3.8) is 0 Å². The molecule has 0 bridgehead atoms. The molecule has 0 aliphatic rings. The quantitative estimate of drug-likeness (QED) is 0.900. The molecule has 2 aromatic carbocycles. The van der Waals surface area contributed by atoms with E-state index in [4.69, 9.17) is 15.2 Å². The zero-order valence-electron chi connectivity index (χ0n) is 10.7. The molecular weight excluding hydrogens is 245 g/mol. The van der Waals surface area contributed by atoms with Gasteiger partial charge in [0.2, 0.25) is 0 Å². The van der Waals surface area contributed by atoms with Crippen LogP contribution in [0.5, 0.6) is 11.5 Å². The van der Waals surface area contributed by atoms with Gasteiger partial charge in [-0.3, -0.25) is 0 Å². The molecule has 0 radical (unpaired) electrons. The van der Waals surface area contributed by atoms with Crippen LogP contribution in [-0.2, 0) is 13.2 Å². The monoisotopic (exact) mass is 261 g/mol. The van der Waals surface area contributed by atoms with E-state index in [9.17, 15) is 4.39 Å². The fourth-order valence-corrected chi connectivity index (χ4v) is 1.85. The average Bonchev–Trinajstić information content (AvgIpc) is 2.45. The van der Waals surface area contributed by atoms with Gasteiger partial charge in [-0.05, 0) is 18.2 Å². The lowest BCUT2D eigenvalue weighted by atomic mass is 10.2. The molecule has 100 valence electrons.